The Bertz CT molecular complexity index is 1580. The number of carbonyl (C=O) groups excluding carboxylic acids is 2. The molecule has 0 radical (unpaired) electrons. The lowest BCUT2D eigenvalue weighted by Crippen LogP contribution is -2.32. The molecule has 2 atom stereocenters. The van der Waals surface area contributed by atoms with Crippen molar-refractivity contribution < 1.29 is 42.2 Å². The fourth-order valence-electron chi connectivity index (χ4n) is 3.78. The summed E-state index contributed by atoms with van der Waals surface area (Å²) < 4.78 is 55.4. The molecule has 0 saturated carbocycles. The number of rotatable bonds is 9. The molecule has 11 nitrogen and oxygen atoms in total. The van der Waals surface area contributed by atoms with Crippen LogP contribution in [0.4, 0.5) is 13.2 Å². The van der Waals surface area contributed by atoms with Crippen LogP contribution < -0.4 is 16.0 Å². The predicted octanol–water partition coefficient (Wildman–Crippen LogP) is 3.16. The van der Waals surface area contributed by atoms with Gasteiger partial charge in [0.05, 0.1) is 18.4 Å². The Morgan fingerprint density at radius 1 is 0.951 bits per heavy atom. The van der Waals surface area contributed by atoms with Gasteiger partial charge in [-0.1, -0.05) is 23.4 Å². The number of alkyl halides is 3. The topological polar surface area (TPSA) is 149 Å². The van der Waals surface area contributed by atoms with Gasteiger partial charge in [-0.3, -0.25) is 23.9 Å². The Morgan fingerprint density at radius 3 is 2.20 bits per heavy atom. The van der Waals surface area contributed by atoms with Gasteiger partial charge in [0.25, 0.3) is 5.56 Å². The summed E-state index contributed by atoms with van der Waals surface area (Å²) in [5.41, 5.74) is -1.44. The first kappa shape index (κ1) is 29.0. The van der Waals surface area contributed by atoms with E-state index in [2.05, 4.69) is 10.1 Å². The van der Waals surface area contributed by atoms with Crippen molar-refractivity contribution in [2.24, 2.45) is 5.16 Å². The van der Waals surface area contributed by atoms with Crippen LogP contribution in [0.5, 0.6) is 5.75 Å². The lowest BCUT2D eigenvalue weighted by Gasteiger charge is -2.15. The number of ether oxygens (including phenoxy) is 3. The van der Waals surface area contributed by atoms with Crippen LogP contribution in [0.2, 0.25) is 0 Å². The van der Waals surface area contributed by atoms with Crippen molar-refractivity contribution in [2.45, 2.75) is 31.3 Å². The van der Waals surface area contributed by atoms with Crippen LogP contribution >= 0.6 is 0 Å². The number of hydrogen-bond donors (Lipinski definition) is 2. The van der Waals surface area contributed by atoms with Gasteiger partial charge in [-0.25, -0.2) is 4.79 Å². The summed E-state index contributed by atoms with van der Waals surface area (Å²) in [6.07, 6.45) is -2.03. The summed E-state index contributed by atoms with van der Waals surface area (Å²) in [5.74, 6) is -1.27. The molecule has 2 aromatic carbocycles. The van der Waals surface area contributed by atoms with Crippen LogP contribution in [0.15, 0.2) is 87.7 Å². The van der Waals surface area contributed by atoms with Crippen molar-refractivity contribution in [3.63, 3.8) is 0 Å². The Hall–Kier alpha value is -4.98. The molecule has 2 heterocycles. The summed E-state index contributed by atoms with van der Waals surface area (Å²) in [7, 11) is 0. The van der Waals surface area contributed by atoms with Crippen molar-refractivity contribution in [2.75, 3.05) is 6.61 Å². The number of oxime groups is 1. The minimum Gasteiger partial charge on any atom is -0.463 e. The zero-order valence-electron chi connectivity index (χ0n) is 21.0. The first-order valence-electron chi connectivity index (χ1n) is 12.0. The molecule has 3 aromatic rings. The molecule has 0 bridgehead atoms. The molecule has 0 fully saturated rings. The van der Waals surface area contributed by atoms with Crippen molar-refractivity contribution in [1.29, 1.82) is 0 Å². The number of carbonyl (C=O) groups is 2. The second-order valence-electron chi connectivity index (χ2n) is 8.67. The molecule has 214 valence electrons. The van der Waals surface area contributed by atoms with Crippen LogP contribution in [0.3, 0.4) is 0 Å². The molecular formula is C27H22F3N3O8. The Morgan fingerprint density at radius 2 is 1.59 bits per heavy atom. The maximum Gasteiger partial charge on any atom is 0.416 e. The van der Waals surface area contributed by atoms with Crippen LogP contribution in [0.1, 0.15) is 35.8 Å². The monoisotopic (exact) mass is 573 g/mol. The third kappa shape index (κ3) is 7.57. The van der Waals surface area contributed by atoms with Gasteiger partial charge in [0, 0.05) is 23.4 Å². The number of nitrogens with zero attached hydrogens (tertiary/aromatic N) is 2. The first-order chi connectivity index (χ1) is 19.5. The zero-order chi connectivity index (χ0) is 29.6. The SMILES string of the molecule is O=C(CCC(=O)Oc1ccc(/C(=N/O)c2ccc(C(F)(F)F)cc2)cc1)OCC1C=CC(n2ccc(=O)[nH]c2=O)O1. The maximum atomic E-state index is 12.8. The van der Waals surface area contributed by atoms with Crippen molar-refractivity contribution in [3.8, 4) is 5.75 Å². The number of hydrogen-bond acceptors (Lipinski definition) is 9. The smallest absolute Gasteiger partial charge is 0.416 e. The minimum absolute atomic E-state index is 0.0116. The van der Waals surface area contributed by atoms with Crippen LogP contribution in [0.25, 0.3) is 0 Å². The zero-order valence-corrected chi connectivity index (χ0v) is 21.0. The largest absolute Gasteiger partial charge is 0.463 e. The van der Waals surface area contributed by atoms with Gasteiger partial charge in [-0.15, -0.1) is 0 Å². The standard InChI is InChI=1S/C27H22F3N3O8/c28-27(29,30)18-5-1-16(2-6-18)25(32-38)17-3-7-19(8-4-17)41-24(36)12-11-23(35)39-15-20-9-10-22(40-20)33-14-13-21(34)31-26(33)37/h1-10,13-14,20,22,38H,11-12,15H2,(H,31,34,37)/b32-25+. The predicted molar refractivity (Wildman–Crippen MR) is 136 cm³/mol. The highest BCUT2D eigenvalue weighted by atomic mass is 19.4. The van der Waals surface area contributed by atoms with E-state index in [0.717, 1.165) is 16.7 Å². The Labute approximate surface area is 229 Å². The Balaban J connectivity index is 1.22. The van der Waals surface area contributed by atoms with Gasteiger partial charge < -0.3 is 19.4 Å². The second kappa shape index (κ2) is 12.5. The molecule has 0 spiro atoms. The van der Waals surface area contributed by atoms with Crippen molar-refractivity contribution in [1.82, 2.24) is 9.55 Å². The van der Waals surface area contributed by atoms with Gasteiger partial charge >= 0.3 is 23.8 Å². The number of aromatic nitrogens is 2. The number of benzene rings is 2. The molecule has 1 aliphatic rings. The van der Waals surface area contributed by atoms with E-state index in [4.69, 9.17) is 14.2 Å². The molecule has 0 saturated heterocycles. The lowest BCUT2D eigenvalue weighted by molar-refractivity contribution is -0.150. The average molecular weight is 573 g/mol. The molecule has 0 amide bonds. The highest BCUT2D eigenvalue weighted by Crippen LogP contribution is 2.29. The molecule has 1 aromatic heterocycles. The van der Waals surface area contributed by atoms with Crippen LogP contribution in [0, 0.1) is 0 Å². The summed E-state index contributed by atoms with van der Waals surface area (Å²) in [6.45, 7) is -0.159. The van der Waals surface area contributed by atoms with E-state index in [0.29, 0.717) is 5.56 Å². The number of halogens is 3. The van der Waals surface area contributed by atoms with Gasteiger partial charge in [0.2, 0.25) is 0 Å². The van der Waals surface area contributed by atoms with E-state index in [-0.39, 0.29) is 36.5 Å². The number of aromatic amines is 1. The Kier molecular flexibility index (Phi) is 8.82. The fraction of sp³-hybridized carbons (Fsp3) is 0.222. The average Bonchev–Trinajstić information content (AvgIpc) is 3.40. The van der Waals surface area contributed by atoms with Crippen molar-refractivity contribution in [3.05, 3.63) is 110 Å². The molecule has 1 aliphatic heterocycles. The van der Waals surface area contributed by atoms with E-state index < -0.39 is 47.3 Å². The third-order valence-corrected chi connectivity index (χ3v) is 5.82. The van der Waals surface area contributed by atoms with E-state index >= 15 is 0 Å². The van der Waals surface area contributed by atoms with E-state index in [9.17, 15) is 37.6 Å². The summed E-state index contributed by atoms with van der Waals surface area (Å²) in [4.78, 5) is 49.4. The second-order valence-corrected chi connectivity index (χ2v) is 8.67. The minimum atomic E-state index is -4.50. The highest BCUT2D eigenvalue weighted by molar-refractivity contribution is 6.12. The van der Waals surface area contributed by atoms with Crippen LogP contribution in [-0.4, -0.2) is 45.1 Å². The van der Waals surface area contributed by atoms with Crippen LogP contribution in [-0.2, 0) is 25.2 Å². The van der Waals surface area contributed by atoms with E-state index in [1.807, 2.05) is 0 Å². The summed E-state index contributed by atoms with van der Waals surface area (Å²) in [6, 6.07) is 10.9. The van der Waals surface area contributed by atoms with Crippen molar-refractivity contribution >= 4 is 17.7 Å². The number of H-pyrrole nitrogens is 1. The fourth-order valence-corrected chi connectivity index (χ4v) is 3.78. The lowest BCUT2D eigenvalue weighted by atomic mass is 10.0. The quantitative estimate of drug-likeness (QED) is 0.0990. The molecular weight excluding hydrogens is 551 g/mol. The molecule has 14 heteroatoms. The number of esters is 2. The molecule has 2 unspecified atom stereocenters. The molecule has 0 aliphatic carbocycles. The van der Waals surface area contributed by atoms with E-state index in [1.54, 1.807) is 12.2 Å². The van der Waals surface area contributed by atoms with Gasteiger partial charge in [0.1, 0.15) is 24.2 Å². The highest BCUT2D eigenvalue weighted by Gasteiger charge is 2.30. The summed E-state index contributed by atoms with van der Waals surface area (Å²) >= 11 is 0. The molecule has 2 N–H and O–H groups in total. The van der Waals surface area contributed by atoms with Gasteiger partial charge in [-0.2, -0.15) is 13.2 Å². The molecule has 4 rings (SSSR count). The normalized spacial score (nSPS) is 16.9. The van der Waals surface area contributed by atoms with Gasteiger partial charge in [-0.05, 0) is 42.5 Å². The maximum absolute atomic E-state index is 12.8. The third-order valence-electron chi connectivity index (χ3n) is 5.82. The molecule has 41 heavy (non-hydrogen) atoms. The van der Waals surface area contributed by atoms with E-state index in [1.165, 1.54) is 48.7 Å². The first-order valence-corrected chi connectivity index (χ1v) is 12.0. The number of nitrogens with one attached hydrogen (secondary N) is 1. The summed E-state index contributed by atoms with van der Waals surface area (Å²) in [5, 5.41) is 12.6. The van der Waals surface area contributed by atoms with Gasteiger partial charge in [0.15, 0.2) is 6.23 Å².